The number of anilines is 1. The van der Waals surface area contributed by atoms with Gasteiger partial charge < -0.3 is 5.32 Å². The molecule has 0 aliphatic heterocycles. The van der Waals surface area contributed by atoms with Crippen LogP contribution in [-0.2, 0) is 11.2 Å². The maximum Gasteiger partial charge on any atom is 0.229 e. The zero-order valence-corrected chi connectivity index (χ0v) is 10.2. The van der Waals surface area contributed by atoms with Gasteiger partial charge in [0.05, 0.1) is 12.1 Å². The van der Waals surface area contributed by atoms with Crippen LogP contribution in [0.1, 0.15) is 10.4 Å². The van der Waals surface area contributed by atoms with Crippen LogP contribution in [0.2, 0.25) is 0 Å². The van der Waals surface area contributed by atoms with E-state index in [2.05, 4.69) is 5.32 Å². The van der Waals surface area contributed by atoms with Gasteiger partial charge >= 0.3 is 0 Å². The minimum atomic E-state index is -0.407. The largest absolute Gasteiger partial charge is 0.323 e. The van der Waals surface area contributed by atoms with Gasteiger partial charge in [-0.05, 0) is 36.1 Å². The summed E-state index contributed by atoms with van der Waals surface area (Å²) in [5.74, 6) is -0.605. The Labute approximate surface area is 103 Å². The SMILES string of the molecule is Cc1ccc(F)c(NC(=O)Cc2cccs2)c1. The van der Waals surface area contributed by atoms with Crippen LogP contribution in [-0.4, -0.2) is 5.91 Å². The van der Waals surface area contributed by atoms with Crippen molar-refractivity contribution in [3.63, 3.8) is 0 Å². The van der Waals surface area contributed by atoms with E-state index in [0.717, 1.165) is 10.4 Å². The van der Waals surface area contributed by atoms with Crippen LogP contribution in [0.25, 0.3) is 0 Å². The van der Waals surface area contributed by atoms with Crippen molar-refractivity contribution in [2.24, 2.45) is 0 Å². The number of benzene rings is 1. The molecule has 1 N–H and O–H groups in total. The monoisotopic (exact) mass is 249 g/mol. The highest BCUT2D eigenvalue weighted by atomic mass is 32.1. The zero-order valence-electron chi connectivity index (χ0n) is 9.37. The highest BCUT2D eigenvalue weighted by molar-refractivity contribution is 7.10. The molecule has 1 heterocycles. The molecular formula is C13H12FNOS. The van der Waals surface area contributed by atoms with Gasteiger partial charge in [0.2, 0.25) is 5.91 Å². The van der Waals surface area contributed by atoms with Crippen molar-refractivity contribution in [1.82, 2.24) is 0 Å². The van der Waals surface area contributed by atoms with Crippen LogP contribution in [0.4, 0.5) is 10.1 Å². The van der Waals surface area contributed by atoms with Gasteiger partial charge in [0.1, 0.15) is 5.82 Å². The average molecular weight is 249 g/mol. The highest BCUT2D eigenvalue weighted by Crippen LogP contribution is 2.16. The van der Waals surface area contributed by atoms with E-state index in [4.69, 9.17) is 0 Å². The van der Waals surface area contributed by atoms with Gasteiger partial charge in [0.15, 0.2) is 0 Å². The average Bonchev–Trinajstić information content (AvgIpc) is 2.76. The molecule has 0 radical (unpaired) electrons. The Kier molecular flexibility index (Phi) is 3.54. The maximum atomic E-state index is 13.4. The van der Waals surface area contributed by atoms with Crippen molar-refractivity contribution in [3.8, 4) is 0 Å². The fraction of sp³-hybridized carbons (Fsp3) is 0.154. The number of rotatable bonds is 3. The zero-order chi connectivity index (χ0) is 12.3. The third-order valence-corrected chi connectivity index (χ3v) is 3.19. The van der Waals surface area contributed by atoms with Gasteiger partial charge in [-0.25, -0.2) is 4.39 Å². The van der Waals surface area contributed by atoms with Crippen molar-refractivity contribution in [2.45, 2.75) is 13.3 Å². The van der Waals surface area contributed by atoms with Crippen molar-refractivity contribution < 1.29 is 9.18 Å². The number of aryl methyl sites for hydroxylation is 1. The van der Waals surface area contributed by atoms with E-state index < -0.39 is 5.82 Å². The van der Waals surface area contributed by atoms with E-state index in [9.17, 15) is 9.18 Å². The van der Waals surface area contributed by atoms with Gasteiger partial charge in [-0.15, -0.1) is 11.3 Å². The standard InChI is InChI=1S/C13H12FNOS/c1-9-4-5-11(14)12(7-9)15-13(16)8-10-3-2-6-17-10/h2-7H,8H2,1H3,(H,15,16). The number of carbonyl (C=O) groups excluding carboxylic acids is 1. The van der Waals surface area contributed by atoms with Crippen LogP contribution in [0, 0.1) is 12.7 Å². The molecule has 0 atom stereocenters. The molecule has 2 rings (SSSR count). The van der Waals surface area contributed by atoms with Gasteiger partial charge in [0, 0.05) is 4.88 Å². The first-order valence-corrected chi connectivity index (χ1v) is 6.11. The Bertz CT molecular complexity index is 522. The first-order chi connectivity index (χ1) is 8.15. The molecular weight excluding hydrogens is 237 g/mol. The summed E-state index contributed by atoms with van der Waals surface area (Å²) in [4.78, 5) is 12.6. The number of hydrogen-bond acceptors (Lipinski definition) is 2. The van der Waals surface area contributed by atoms with E-state index in [1.165, 1.54) is 17.4 Å². The van der Waals surface area contributed by atoms with Crippen molar-refractivity contribution in [2.75, 3.05) is 5.32 Å². The van der Waals surface area contributed by atoms with E-state index in [1.807, 2.05) is 24.4 Å². The van der Waals surface area contributed by atoms with E-state index in [1.54, 1.807) is 12.1 Å². The lowest BCUT2D eigenvalue weighted by Gasteiger charge is -2.06. The Morgan fingerprint density at radius 1 is 1.41 bits per heavy atom. The quantitative estimate of drug-likeness (QED) is 0.887. The topological polar surface area (TPSA) is 29.1 Å². The predicted octanol–water partition coefficient (Wildman–Crippen LogP) is 3.38. The second-order valence-electron chi connectivity index (χ2n) is 3.79. The van der Waals surface area contributed by atoms with Crippen molar-refractivity contribution >= 4 is 22.9 Å². The third kappa shape index (κ3) is 3.14. The maximum absolute atomic E-state index is 13.4. The van der Waals surface area contributed by atoms with Gasteiger partial charge in [0.25, 0.3) is 0 Å². The van der Waals surface area contributed by atoms with Gasteiger partial charge in [-0.3, -0.25) is 4.79 Å². The molecule has 0 bridgehead atoms. The number of thiophene rings is 1. The molecule has 0 aliphatic carbocycles. The summed E-state index contributed by atoms with van der Waals surface area (Å²) in [7, 11) is 0. The number of hydrogen-bond donors (Lipinski definition) is 1. The lowest BCUT2D eigenvalue weighted by atomic mass is 10.2. The molecule has 0 fully saturated rings. The fourth-order valence-corrected chi connectivity index (χ4v) is 2.20. The molecule has 4 heteroatoms. The van der Waals surface area contributed by atoms with Gasteiger partial charge in [-0.2, -0.15) is 0 Å². The molecule has 0 saturated heterocycles. The van der Waals surface area contributed by atoms with Gasteiger partial charge in [-0.1, -0.05) is 12.1 Å². The molecule has 17 heavy (non-hydrogen) atoms. The summed E-state index contributed by atoms with van der Waals surface area (Å²) in [5, 5.41) is 4.49. The van der Waals surface area contributed by atoms with Crippen molar-refractivity contribution in [1.29, 1.82) is 0 Å². The second-order valence-corrected chi connectivity index (χ2v) is 4.82. The molecule has 0 spiro atoms. The third-order valence-electron chi connectivity index (χ3n) is 2.31. The molecule has 2 aromatic rings. The van der Waals surface area contributed by atoms with Crippen LogP contribution in [0.15, 0.2) is 35.7 Å². The summed E-state index contributed by atoms with van der Waals surface area (Å²) in [5.41, 5.74) is 1.16. The van der Waals surface area contributed by atoms with Crippen molar-refractivity contribution in [3.05, 3.63) is 52.0 Å². The van der Waals surface area contributed by atoms with Crippen LogP contribution in [0.5, 0.6) is 0 Å². The first-order valence-electron chi connectivity index (χ1n) is 5.23. The Hall–Kier alpha value is -1.68. The summed E-state index contributed by atoms with van der Waals surface area (Å²) in [6.45, 7) is 1.86. The van der Waals surface area contributed by atoms with Crippen LogP contribution < -0.4 is 5.32 Å². The summed E-state index contributed by atoms with van der Waals surface area (Å²) in [6, 6.07) is 8.43. The lowest BCUT2D eigenvalue weighted by Crippen LogP contribution is -2.14. The Morgan fingerprint density at radius 3 is 2.94 bits per heavy atom. The molecule has 88 valence electrons. The molecule has 0 saturated carbocycles. The number of amides is 1. The second kappa shape index (κ2) is 5.10. The minimum Gasteiger partial charge on any atom is -0.323 e. The predicted molar refractivity (Wildman–Crippen MR) is 67.8 cm³/mol. The molecule has 1 aromatic carbocycles. The molecule has 0 unspecified atom stereocenters. The summed E-state index contributed by atoms with van der Waals surface area (Å²) >= 11 is 1.51. The van der Waals surface area contributed by atoms with Crippen LogP contribution >= 0.6 is 11.3 Å². The Morgan fingerprint density at radius 2 is 2.24 bits per heavy atom. The number of halogens is 1. The van der Waals surface area contributed by atoms with E-state index >= 15 is 0 Å². The molecule has 2 nitrogen and oxygen atoms in total. The highest BCUT2D eigenvalue weighted by Gasteiger charge is 2.08. The smallest absolute Gasteiger partial charge is 0.229 e. The number of nitrogens with one attached hydrogen (secondary N) is 1. The molecule has 1 amide bonds. The normalized spacial score (nSPS) is 10.2. The summed E-state index contributed by atoms with van der Waals surface area (Å²) < 4.78 is 13.4. The minimum absolute atomic E-state index is 0.197. The summed E-state index contributed by atoms with van der Waals surface area (Å²) in [6.07, 6.45) is 0.283. The van der Waals surface area contributed by atoms with E-state index in [0.29, 0.717) is 0 Å². The van der Waals surface area contributed by atoms with E-state index in [-0.39, 0.29) is 18.0 Å². The Balaban J connectivity index is 2.05. The lowest BCUT2D eigenvalue weighted by molar-refractivity contribution is -0.115. The first kappa shape index (κ1) is 11.8. The number of carbonyl (C=O) groups is 1. The molecule has 1 aromatic heterocycles. The molecule has 0 aliphatic rings. The van der Waals surface area contributed by atoms with Crippen LogP contribution in [0.3, 0.4) is 0 Å². The fourth-order valence-electron chi connectivity index (χ4n) is 1.50.